The number of nitrogens with one attached hydrogen (secondary N) is 2. The van der Waals surface area contributed by atoms with Gasteiger partial charge in [-0.05, 0) is 6.92 Å². The lowest BCUT2D eigenvalue weighted by Gasteiger charge is -2.25. The Hall–Kier alpha value is -2.61. The number of rotatable bonds is 4. The number of aryl methyl sites for hydroxylation is 1. The number of carbonyl (C=O) groups is 1. The van der Waals surface area contributed by atoms with E-state index in [2.05, 4.69) is 25.1 Å². The Kier molecular flexibility index (Phi) is 4.27. The summed E-state index contributed by atoms with van der Waals surface area (Å²) in [4.78, 5) is 26.6. The van der Waals surface area contributed by atoms with Gasteiger partial charge in [0.2, 0.25) is 11.1 Å². The number of H-pyrrole nitrogens is 2. The minimum absolute atomic E-state index is 0.0916. The van der Waals surface area contributed by atoms with Crippen LogP contribution in [-0.2, 0) is 17.8 Å². The highest BCUT2D eigenvalue weighted by Crippen LogP contribution is 2.23. The van der Waals surface area contributed by atoms with Crippen LogP contribution in [0.5, 0.6) is 0 Å². The van der Waals surface area contributed by atoms with Crippen LogP contribution in [0.4, 0.5) is 0 Å². The van der Waals surface area contributed by atoms with Crippen LogP contribution >= 0.6 is 11.8 Å². The monoisotopic (exact) mass is 354 g/mol. The number of hydrogen-bond donors (Lipinski definition) is 2. The van der Waals surface area contributed by atoms with Gasteiger partial charge < -0.3 is 9.88 Å². The SMILES string of the molecule is Cc1nc(SCC(=O)N2CCc3nc(-c4ccccc4)[nH]c3C2)n[nH]1. The van der Waals surface area contributed by atoms with Crippen molar-refractivity contribution in [1.29, 1.82) is 0 Å². The first-order valence-electron chi connectivity index (χ1n) is 8.12. The van der Waals surface area contributed by atoms with Crippen molar-refractivity contribution in [2.75, 3.05) is 12.3 Å². The molecule has 0 spiro atoms. The van der Waals surface area contributed by atoms with E-state index in [-0.39, 0.29) is 5.91 Å². The number of thioether (sulfide) groups is 1. The van der Waals surface area contributed by atoms with E-state index in [4.69, 9.17) is 0 Å². The summed E-state index contributed by atoms with van der Waals surface area (Å²) in [5, 5.41) is 7.44. The third-order valence-corrected chi connectivity index (χ3v) is 4.97. The summed E-state index contributed by atoms with van der Waals surface area (Å²) in [5.41, 5.74) is 3.14. The predicted octanol–water partition coefficient (Wildman–Crippen LogP) is 2.18. The van der Waals surface area contributed by atoms with Crippen molar-refractivity contribution < 1.29 is 4.79 Å². The fraction of sp³-hybridized carbons (Fsp3) is 0.294. The van der Waals surface area contributed by atoms with Crippen molar-refractivity contribution in [3.63, 3.8) is 0 Å². The molecule has 0 fully saturated rings. The van der Waals surface area contributed by atoms with Crippen molar-refractivity contribution in [3.05, 3.63) is 47.5 Å². The van der Waals surface area contributed by atoms with E-state index in [1.807, 2.05) is 42.2 Å². The first-order chi connectivity index (χ1) is 12.2. The van der Waals surface area contributed by atoms with E-state index in [0.717, 1.165) is 35.0 Å². The number of aromatic nitrogens is 5. The number of nitrogens with zero attached hydrogens (tertiary/aromatic N) is 4. The van der Waals surface area contributed by atoms with Crippen LogP contribution in [0.2, 0.25) is 0 Å². The van der Waals surface area contributed by atoms with E-state index in [1.165, 1.54) is 11.8 Å². The molecule has 0 unspecified atom stereocenters. The zero-order valence-corrected chi connectivity index (χ0v) is 14.6. The molecule has 0 saturated heterocycles. The quantitative estimate of drug-likeness (QED) is 0.701. The molecule has 8 heteroatoms. The molecule has 1 aliphatic rings. The molecule has 1 amide bonds. The third kappa shape index (κ3) is 3.43. The van der Waals surface area contributed by atoms with E-state index in [1.54, 1.807) is 0 Å². The third-order valence-electron chi connectivity index (χ3n) is 4.13. The Balaban J connectivity index is 1.42. The van der Waals surface area contributed by atoms with Crippen LogP contribution in [0.3, 0.4) is 0 Å². The molecular weight excluding hydrogens is 336 g/mol. The maximum absolute atomic E-state index is 12.5. The average molecular weight is 354 g/mol. The second-order valence-electron chi connectivity index (χ2n) is 5.93. The molecule has 128 valence electrons. The summed E-state index contributed by atoms with van der Waals surface area (Å²) in [5.74, 6) is 2.05. The first kappa shape index (κ1) is 15.9. The topological polar surface area (TPSA) is 90.6 Å². The zero-order valence-electron chi connectivity index (χ0n) is 13.8. The molecule has 4 rings (SSSR count). The van der Waals surface area contributed by atoms with Gasteiger partial charge in [0.15, 0.2) is 0 Å². The van der Waals surface area contributed by atoms with E-state index in [0.29, 0.717) is 24.0 Å². The van der Waals surface area contributed by atoms with Crippen LogP contribution in [0.1, 0.15) is 17.2 Å². The summed E-state index contributed by atoms with van der Waals surface area (Å²) >= 11 is 1.36. The molecule has 0 atom stereocenters. The van der Waals surface area contributed by atoms with Gasteiger partial charge in [-0.25, -0.2) is 9.97 Å². The van der Waals surface area contributed by atoms with Gasteiger partial charge in [0.25, 0.3) is 0 Å². The van der Waals surface area contributed by atoms with Gasteiger partial charge in [0, 0.05) is 18.5 Å². The molecule has 1 aromatic carbocycles. The number of carbonyl (C=O) groups excluding carboxylic acids is 1. The number of aromatic amines is 2. The number of fused-ring (bicyclic) bond motifs is 1. The van der Waals surface area contributed by atoms with E-state index in [9.17, 15) is 4.79 Å². The number of benzene rings is 1. The van der Waals surface area contributed by atoms with E-state index >= 15 is 0 Å². The Morgan fingerprint density at radius 2 is 2.12 bits per heavy atom. The molecule has 3 aromatic rings. The van der Waals surface area contributed by atoms with Crippen molar-refractivity contribution in [2.24, 2.45) is 0 Å². The standard InChI is InChI=1S/C17H18N6OS/c1-11-18-17(22-21-11)25-10-15(24)23-8-7-13-14(9-23)20-16(19-13)12-5-3-2-4-6-12/h2-6H,7-10H2,1H3,(H,19,20)(H,18,21,22). The Bertz CT molecular complexity index is 888. The normalized spacial score (nSPS) is 13.7. The molecule has 1 aliphatic heterocycles. The van der Waals surface area contributed by atoms with E-state index < -0.39 is 0 Å². The maximum atomic E-state index is 12.5. The first-order valence-corrected chi connectivity index (χ1v) is 9.10. The van der Waals surface area contributed by atoms with Gasteiger partial charge in [-0.15, -0.1) is 5.10 Å². The van der Waals surface area contributed by atoms with Gasteiger partial charge in [0.05, 0.1) is 23.7 Å². The van der Waals surface area contributed by atoms with Crippen molar-refractivity contribution >= 4 is 17.7 Å². The molecule has 25 heavy (non-hydrogen) atoms. The Morgan fingerprint density at radius 1 is 1.28 bits per heavy atom. The molecule has 2 aromatic heterocycles. The molecule has 0 radical (unpaired) electrons. The second kappa shape index (κ2) is 6.72. The number of amides is 1. The lowest BCUT2D eigenvalue weighted by atomic mass is 10.1. The van der Waals surface area contributed by atoms with Crippen molar-refractivity contribution in [1.82, 2.24) is 30.0 Å². The summed E-state index contributed by atoms with van der Waals surface area (Å²) in [6.07, 6.45) is 0.773. The number of hydrogen-bond acceptors (Lipinski definition) is 5. The Morgan fingerprint density at radius 3 is 2.88 bits per heavy atom. The molecule has 7 nitrogen and oxygen atoms in total. The fourth-order valence-electron chi connectivity index (χ4n) is 2.84. The minimum Gasteiger partial charge on any atom is -0.340 e. The van der Waals surface area contributed by atoms with Crippen LogP contribution in [0.25, 0.3) is 11.4 Å². The second-order valence-corrected chi connectivity index (χ2v) is 6.88. The van der Waals surface area contributed by atoms with Crippen molar-refractivity contribution in [2.45, 2.75) is 25.0 Å². The Labute approximate surface area is 149 Å². The van der Waals surface area contributed by atoms with Crippen LogP contribution in [-0.4, -0.2) is 48.3 Å². The zero-order chi connectivity index (χ0) is 17.2. The smallest absolute Gasteiger partial charge is 0.233 e. The maximum Gasteiger partial charge on any atom is 0.233 e. The van der Waals surface area contributed by atoms with Crippen LogP contribution in [0.15, 0.2) is 35.5 Å². The fourth-order valence-corrected chi connectivity index (χ4v) is 3.59. The van der Waals surface area contributed by atoms with Gasteiger partial charge in [-0.3, -0.25) is 9.89 Å². The van der Waals surface area contributed by atoms with Gasteiger partial charge in [-0.2, -0.15) is 0 Å². The predicted molar refractivity (Wildman–Crippen MR) is 95.0 cm³/mol. The molecular formula is C17H18N6OS. The molecule has 3 heterocycles. The lowest BCUT2D eigenvalue weighted by Crippen LogP contribution is -2.37. The van der Waals surface area contributed by atoms with Crippen molar-refractivity contribution in [3.8, 4) is 11.4 Å². The highest BCUT2D eigenvalue weighted by Gasteiger charge is 2.24. The molecule has 0 bridgehead atoms. The van der Waals surface area contributed by atoms with Gasteiger partial charge >= 0.3 is 0 Å². The highest BCUT2D eigenvalue weighted by molar-refractivity contribution is 7.99. The molecule has 2 N–H and O–H groups in total. The minimum atomic E-state index is 0.0916. The molecule has 0 saturated carbocycles. The largest absolute Gasteiger partial charge is 0.340 e. The van der Waals surface area contributed by atoms with Crippen LogP contribution in [0, 0.1) is 6.92 Å². The number of imidazole rings is 1. The summed E-state index contributed by atoms with van der Waals surface area (Å²) < 4.78 is 0. The summed E-state index contributed by atoms with van der Waals surface area (Å²) in [7, 11) is 0. The average Bonchev–Trinajstić information content (AvgIpc) is 3.25. The van der Waals surface area contributed by atoms with Crippen LogP contribution < -0.4 is 0 Å². The summed E-state index contributed by atoms with van der Waals surface area (Å²) in [6, 6.07) is 10.0. The van der Waals surface area contributed by atoms with Gasteiger partial charge in [-0.1, -0.05) is 42.1 Å². The summed E-state index contributed by atoms with van der Waals surface area (Å²) in [6.45, 7) is 3.10. The molecule has 0 aliphatic carbocycles. The lowest BCUT2D eigenvalue weighted by molar-refractivity contribution is -0.129. The highest BCUT2D eigenvalue weighted by atomic mass is 32.2. The van der Waals surface area contributed by atoms with Gasteiger partial charge in [0.1, 0.15) is 11.6 Å².